The third kappa shape index (κ3) is 3.08. The van der Waals surface area contributed by atoms with Crippen LogP contribution in [0.5, 0.6) is 0 Å². The van der Waals surface area contributed by atoms with Crippen LogP contribution in [0.2, 0.25) is 0 Å². The molecule has 0 saturated heterocycles. The number of alkyl halides is 1. The van der Waals surface area contributed by atoms with Crippen molar-refractivity contribution in [1.82, 2.24) is 9.55 Å². The van der Waals surface area contributed by atoms with Crippen LogP contribution in [-0.4, -0.2) is 15.4 Å². The van der Waals surface area contributed by atoms with Gasteiger partial charge in [0.15, 0.2) is 0 Å². The summed E-state index contributed by atoms with van der Waals surface area (Å²) in [6.07, 6.45) is 4.18. The van der Waals surface area contributed by atoms with Crippen LogP contribution >= 0.6 is 11.6 Å². The zero-order chi connectivity index (χ0) is 13.8. The number of benzene rings is 1. The smallest absolute Gasteiger partial charge is 0.125 e. The molecule has 1 aromatic carbocycles. The summed E-state index contributed by atoms with van der Waals surface area (Å²) in [6.45, 7) is 4.38. The molecule has 104 valence electrons. The Labute approximate surface area is 118 Å². The van der Waals surface area contributed by atoms with Gasteiger partial charge in [0.1, 0.15) is 11.6 Å². The van der Waals surface area contributed by atoms with Gasteiger partial charge in [-0.3, -0.25) is 0 Å². The van der Waals surface area contributed by atoms with E-state index in [2.05, 4.69) is 23.4 Å². The molecule has 1 unspecified atom stereocenters. The maximum absolute atomic E-state index is 13.3. The lowest BCUT2D eigenvalue weighted by molar-refractivity contribution is 0.482. The van der Waals surface area contributed by atoms with E-state index in [9.17, 15) is 4.39 Å². The number of nitrogens with zero attached hydrogens (tertiary/aromatic N) is 2. The van der Waals surface area contributed by atoms with Gasteiger partial charge in [0, 0.05) is 24.4 Å². The second kappa shape index (κ2) is 6.38. The average molecular weight is 283 g/mol. The van der Waals surface area contributed by atoms with Gasteiger partial charge in [-0.15, -0.1) is 11.6 Å². The Balaban J connectivity index is 2.45. The number of hydrogen-bond acceptors (Lipinski definition) is 1. The molecule has 2 aromatic rings. The van der Waals surface area contributed by atoms with Gasteiger partial charge in [-0.25, -0.2) is 9.37 Å². The molecule has 0 fully saturated rings. The Morgan fingerprint density at radius 3 is 2.89 bits per heavy atom. The van der Waals surface area contributed by atoms with Crippen LogP contribution in [0.15, 0.2) is 18.2 Å². The highest BCUT2D eigenvalue weighted by molar-refractivity contribution is 6.17. The van der Waals surface area contributed by atoms with E-state index in [-0.39, 0.29) is 5.82 Å². The van der Waals surface area contributed by atoms with Crippen molar-refractivity contribution < 1.29 is 4.39 Å². The first-order valence-electron chi connectivity index (χ1n) is 6.89. The highest BCUT2D eigenvalue weighted by Crippen LogP contribution is 2.25. The first-order valence-corrected chi connectivity index (χ1v) is 7.43. The summed E-state index contributed by atoms with van der Waals surface area (Å²) < 4.78 is 15.5. The van der Waals surface area contributed by atoms with Crippen LogP contribution in [0.4, 0.5) is 4.39 Å². The van der Waals surface area contributed by atoms with Crippen molar-refractivity contribution in [3.05, 3.63) is 29.8 Å². The molecule has 1 aromatic heterocycles. The molecule has 0 aliphatic carbocycles. The van der Waals surface area contributed by atoms with E-state index in [1.807, 2.05) is 6.07 Å². The summed E-state index contributed by atoms with van der Waals surface area (Å²) in [5.74, 6) is 1.25. The molecular formula is C15H20ClFN2. The van der Waals surface area contributed by atoms with Crippen LogP contribution in [-0.2, 0) is 6.42 Å². The number of hydrogen-bond donors (Lipinski definition) is 0. The largest absolute Gasteiger partial charge is 0.325 e. The fourth-order valence-corrected chi connectivity index (χ4v) is 2.67. The summed E-state index contributed by atoms with van der Waals surface area (Å²) >= 11 is 5.85. The third-order valence-electron chi connectivity index (χ3n) is 3.46. The molecule has 4 heteroatoms. The molecule has 1 heterocycles. The minimum absolute atomic E-state index is 0.240. The van der Waals surface area contributed by atoms with Gasteiger partial charge in [0.25, 0.3) is 0 Å². The van der Waals surface area contributed by atoms with Gasteiger partial charge < -0.3 is 4.57 Å². The molecule has 0 aliphatic heterocycles. The van der Waals surface area contributed by atoms with E-state index in [1.165, 1.54) is 25.0 Å². The maximum atomic E-state index is 13.3. The van der Waals surface area contributed by atoms with E-state index in [0.29, 0.717) is 18.3 Å². The van der Waals surface area contributed by atoms with Gasteiger partial charge >= 0.3 is 0 Å². The number of fused-ring (bicyclic) bond motifs is 1. The summed E-state index contributed by atoms with van der Waals surface area (Å²) in [5, 5.41) is 0. The Kier molecular flexibility index (Phi) is 4.81. The monoisotopic (exact) mass is 282 g/mol. The first-order chi connectivity index (χ1) is 9.17. The minimum Gasteiger partial charge on any atom is -0.325 e. The fraction of sp³-hybridized carbons (Fsp3) is 0.533. The summed E-state index contributed by atoms with van der Waals surface area (Å²) in [7, 11) is 0. The van der Waals surface area contributed by atoms with E-state index < -0.39 is 0 Å². The summed E-state index contributed by atoms with van der Waals surface area (Å²) in [4.78, 5) is 4.53. The maximum Gasteiger partial charge on any atom is 0.125 e. The molecule has 19 heavy (non-hydrogen) atoms. The number of imidazole rings is 1. The van der Waals surface area contributed by atoms with Crippen LogP contribution < -0.4 is 0 Å². The number of halogens is 2. The fourth-order valence-electron chi connectivity index (χ4n) is 2.50. The van der Waals surface area contributed by atoms with Crippen molar-refractivity contribution in [3.63, 3.8) is 0 Å². The quantitative estimate of drug-likeness (QED) is 0.702. The molecule has 2 nitrogen and oxygen atoms in total. The van der Waals surface area contributed by atoms with Crippen LogP contribution in [0, 0.1) is 5.82 Å². The second-order valence-electron chi connectivity index (χ2n) is 4.96. The second-order valence-corrected chi connectivity index (χ2v) is 5.34. The molecule has 2 rings (SSSR count). The zero-order valence-electron chi connectivity index (χ0n) is 11.5. The topological polar surface area (TPSA) is 17.8 Å². The van der Waals surface area contributed by atoms with Crippen molar-refractivity contribution in [1.29, 1.82) is 0 Å². The van der Waals surface area contributed by atoms with Crippen LogP contribution in [0.3, 0.4) is 0 Å². The van der Waals surface area contributed by atoms with Gasteiger partial charge in [0.2, 0.25) is 0 Å². The lowest BCUT2D eigenvalue weighted by atomic mass is 10.1. The number of aromatic nitrogens is 2. The highest BCUT2D eigenvalue weighted by Gasteiger charge is 2.15. The normalized spacial score (nSPS) is 13.1. The standard InChI is InChI=1S/C15H20ClFN2/c1-3-4-5-11(2)19-14-7-6-12(17)10-13(14)18-15(19)8-9-16/h6-7,10-11H,3-5,8-9H2,1-2H3. The molecule has 1 atom stereocenters. The van der Waals surface area contributed by atoms with Crippen molar-refractivity contribution in [3.8, 4) is 0 Å². The number of aryl methyl sites for hydroxylation is 1. The average Bonchev–Trinajstić information content (AvgIpc) is 2.73. The van der Waals surface area contributed by atoms with E-state index in [1.54, 1.807) is 0 Å². The van der Waals surface area contributed by atoms with Gasteiger partial charge in [-0.2, -0.15) is 0 Å². The SMILES string of the molecule is CCCCC(C)n1c(CCCl)nc2cc(F)ccc21. The van der Waals surface area contributed by atoms with E-state index in [4.69, 9.17) is 11.6 Å². The van der Waals surface area contributed by atoms with Gasteiger partial charge in [-0.05, 0) is 25.5 Å². The molecule has 0 bridgehead atoms. The molecule has 0 saturated carbocycles. The summed E-state index contributed by atoms with van der Waals surface area (Å²) in [6, 6.07) is 5.18. The predicted octanol–water partition coefficient (Wildman–Crippen LogP) is 4.71. The Morgan fingerprint density at radius 1 is 1.42 bits per heavy atom. The van der Waals surface area contributed by atoms with Crippen molar-refractivity contribution in [2.75, 3.05) is 5.88 Å². The lowest BCUT2D eigenvalue weighted by Gasteiger charge is -2.17. The number of unbranched alkanes of at least 4 members (excludes halogenated alkanes) is 1. The minimum atomic E-state index is -0.240. The highest BCUT2D eigenvalue weighted by atomic mass is 35.5. The van der Waals surface area contributed by atoms with Crippen molar-refractivity contribution >= 4 is 22.6 Å². The Hall–Kier alpha value is -1.09. The third-order valence-corrected chi connectivity index (χ3v) is 3.65. The Morgan fingerprint density at radius 2 is 2.21 bits per heavy atom. The molecule has 0 N–H and O–H groups in total. The van der Waals surface area contributed by atoms with E-state index >= 15 is 0 Å². The van der Waals surface area contributed by atoms with Gasteiger partial charge in [0.05, 0.1) is 11.0 Å². The molecule has 0 radical (unpaired) electrons. The molecule has 0 spiro atoms. The van der Waals surface area contributed by atoms with Crippen molar-refractivity contribution in [2.24, 2.45) is 0 Å². The van der Waals surface area contributed by atoms with Gasteiger partial charge in [-0.1, -0.05) is 19.8 Å². The number of rotatable bonds is 6. The molecule has 0 amide bonds. The molecule has 0 aliphatic rings. The first kappa shape index (κ1) is 14.3. The van der Waals surface area contributed by atoms with Crippen molar-refractivity contribution in [2.45, 2.75) is 45.6 Å². The predicted molar refractivity (Wildman–Crippen MR) is 78.4 cm³/mol. The Bertz CT molecular complexity index is 550. The van der Waals surface area contributed by atoms with E-state index in [0.717, 1.165) is 23.3 Å². The lowest BCUT2D eigenvalue weighted by Crippen LogP contribution is -2.10. The molecular weight excluding hydrogens is 263 g/mol. The summed E-state index contributed by atoms with van der Waals surface area (Å²) in [5.41, 5.74) is 1.73. The zero-order valence-corrected chi connectivity index (χ0v) is 12.3. The van der Waals surface area contributed by atoms with Crippen LogP contribution in [0.1, 0.15) is 45.0 Å². The van der Waals surface area contributed by atoms with Crippen LogP contribution in [0.25, 0.3) is 11.0 Å².